The predicted molar refractivity (Wildman–Crippen MR) is 127 cm³/mol. The Labute approximate surface area is 195 Å². The van der Waals surface area contributed by atoms with E-state index >= 15 is 0 Å². The molecule has 0 spiro atoms. The van der Waals surface area contributed by atoms with Gasteiger partial charge in [-0.3, -0.25) is 14.2 Å². The van der Waals surface area contributed by atoms with E-state index in [2.05, 4.69) is 33.3 Å². The van der Waals surface area contributed by atoms with Crippen molar-refractivity contribution in [2.75, 3.05) is 12.4 Å². The van der Waals surface area contributed by atoms with Crippen molar-refractivity contribution in [3.63, 3.8) is 0 Å². The molecule has 1 amide bonds. The van der Waals surface area contributed by atoms with Gasteiger partial charge in [0.25, 0.3) is 0 Å². The van der Waals surface area contributed by atoms with Gasteiger partial charge in [0.15, 0.2) is 0 Å². The molecule has 2 unspecified atom stereocenters. The molecule has 2 N–H and O–H groups in total. The fourth-order valence-corrected chi connectivity index (χ4v) is 4.04. The molecule has 1 saturated carbocycles. The molecule has 0 aromatic carbocycles. The van der Waals surface area contributed by atoms with Crippen LogP contribution in [0.25, 0.3) is 27.7 Å². The third-order valence-corrected chi connectivity index (χ3v) is 5.96. The summed E-state index contributed by atoms with van der Waals surface area (Å²) >= 11 is 0. The number of pyridine rings is 3. The molecular formula is C25H27F2N5O2. The van der Waals surface area contributed by atoms with Crippen molar-refractivity contribution >= 4 is 28.3 Å². The van der Waals surface area contributed by atoms with Crippen LogP contribution in [-0.2, 0) is 11.2 Å². The molecule has 7 nitrogen and oxygen atoms in total. The van der Waals surface area contributed by atoms with Crippen LogP contribution in [0.1, 0.15) is 37.4 Å². The van der Waals surface area contributed by atoms with Crippen LogP contribution in [0.3, 0.4) is 0 Å². The number of aromatic nitrogens is 4. The van der Waals surface area contributed by atoms with Crippen molar-refractivity contribution in [1.82, 2.24) is 19.4 Å². The summed E-state index contributed by atoms with van der Waals surface area (Å²) in [4.78, 5) is 25.3. The molecule has 1 aliphatic rings. The summed E-state index contributed by atoms with van der Waals surface area (Å²) in [6.45, 7) is 4.16. The highest BCUT2D eigenvalue weighted by Crippen LogP contribution is 2.35. The zero-order valence-corrected chi connectivity index (χ0v) is 19.3. The fourth-order valence-electron chi connectivity index (χ4n) is 4.04. The molecule has 2 atom stereocenters. The van der Waals surface area contributed by atoms with E-state index in [1.54, 1.807) is 12.3 Å². The van der Waals surface area contributed by atoms with E-state index in [-0.39, 0.29) is 12.2 Å². The summed E-state index contributed by atoms with van der Waals surface area (Å²) in [6, 6.07) is 5.56. The lowest BCUT2D eigenvalue weighted by Gasteiger charge is -2.13. The van der Waals surface area contributed by atoms with E-state index in [1.807, 2.05) is 19.2 Å². The smallest absolute Gasteiger partial charge is 0.231 e. The molecule has 178 valence electrons. The van der Waals surface area contributed by atoms with Gasteiger partial charge in [-0.25, -0.2) is 14.4 Å². The Morgan fingerprint density at radius 3 is 2.59 bits per heavy atom. The maximum Gasteiger partial charge on any atom is 0.231 e. The lowest BCUT2D eigenvalue weighted by Crippen LogP contribution is -2.16. The molecule has 0 radical (unpaired) electrons. The molecule has 1 fully saturated rings. The minimum atomic E-state index is -1.10. The molecule has 0 saturated heterocycles. The van der Waals surface area contributed by atoms with E-state index in [0.717, 1.165) is 48.8 Å². The topological polar surface area (TPSA) is 92.4 Å². The number of halogens is 2. The lowest BCUT2D eigenvalue weighted by molar-refractivity contribution is -0.117. The number of amides is 1. The molecular weight excluding hydrogens is 440 g/mol. The first-order valence-electron chi connectivity index (χ1n) is 11.3. The highest BCUT2D eigenvalue weighted by Gasteiger charge is 2.43. The first-order chi connectivity index (χ1) is 16.5. The quantitative estimate of drug-likeness (QED) is 0.431. The normalized spacial score (nSPS) is 16.9. The third kappa shape index (κ3) is 4.48. The molecule has 0 bridgehead atoms. The second-order valence-electron chi connectivity index (χ2n) is 8.37. The number of hydrogen-bond donors (Lipinski definition) is 2. The summed E-state index contributed by atoms with van der Waals surface area (Å²) in [5.74, 6) is -1.31. The van der Waals surface area contributed by atoms with Crippen LogP contribution in [0.15, 0.2) is 36.8 Å². The number of aryl methyl sites for hydroxylation is 2. The van der Waals surface area contributed by atoms with Crippen LogP contribution in [0.2, 0.25) is 0 Å². The van der Waals surface area contributed by atoms with Gasteiger partial charge in [0.2, 0.25) is 11.9 Å². The second-order valence-corrected chi connectivity index (χ2v) is 8.37. The highest BCUT2D eigenvalue weighted by atomic mass is 19.1. The van der Waals surface area contributed by atoms with Crippen molar-refractivity contribution < 1.29 is 18.7 Å². The van der Waals surface area contributed by atoms with Crippen LogP contribution < -0.4 is 5.32 Å². The number of alkyl halides is 1. The Morgan fingerprint density at radius 1 is 1.15 bits per heavy atom. The van der Waals surface area contributed by atoms with Gasteiger partial charge >= 0.3 is 0 Å². The summed E-state index contributed by atoms with van der Waals surface area (Å²) < 4.78 is 29.4. The van der Waals surface area contributed by atoms with Crippen LogP contribution >= 0.6 is 0 Å². The predicted octanol–water partition coefficient (Wildman–Crippen LogP) is 4.64. The number of hydrogen-bond acceptors (Lipinski definition) is 5. The summed E-state index contributed by atoms with van der Waals surface area (Å²) in [5, 5.41) is 10.3. The largest absolute Gasteiger partial charge is 0.400 e. The van der Waals surface area contributed by atoms with E-state index in [0.29, 0.717) is 16.6 Å². The van der Waals surface area contributed by atoms with Crippen molar-refractivity contribution in [2.24, 2.45) is 5.92 Å². The number of nitrogens with zero attached hydrogens (tertiary/aromatic N) is 4. The zero-order valence-electron chi connectivity index (χ0n) is 19.3. The number of carbonyl (C=O) groups is 1. The van der Waals surface area contributed by atoms with Gasteiger partial charge in [-0.05, 0) is 43.9 Å². The average Bonchev–Trinajstić information content (AvgIpc) is 3.46. The fraction of sp³-hybridized carbons (Fsp3) is 0.360. The Morgan fingerprint density at radius 2 is 1.91 bits per heavy atom. The van der Waals surface area contributed by atoms with Gasteiger partial charge in [-0.15, -0.1) is 0 Å². The number of anilines is 1. The number of nitrogens with one attached hydrogen (secondary N) is 1. The van der Waals surface area contributed by atoms with E-state index in [1.165, 1.54) is 10.6 Å². The minimum absolute atomic E-state index is 0.230. The summed E-state index contributed by atoms with van der Waals surface area (Å²) in [7, 11) is 1.00. The molecule has 4 aromatic rings. The molecule has 0 aliphatic heterocycles. The number of aliphatic hydroxyl groups excluding tert-OH is 1. The van der Waals surface area contributed by atoms with Gasteiger partial charge in [-0.2, -0.15) is 4.39 Å². The Bertz CT molecular complexity index is 1350. The van der Waals surface area contributed by atoms with Gasteiger partial charge in [0.05, 0.1) is 17.6 Å². The lowest BCUT2D eigenvalue weighted by atomic mass is 10.0. The molecule has 4 aromatic heterocycles. The molecule has 34 heavy (non-hydrogen) atoms. The maximum atomic E-state index is 14.8. The molecule has 4 heterocycles. The van der Waals surface area contributed by atoms with Crippen LogP contribution in [0, 0.1) is 18.8 Å². The van der Waals surface area contributed by atoms with Crippen LogP contribution in [0.5, 0.6) is 0 Å². The standard InChI is InChI=1S/C24H23F2N5O.CH4O/c1-3-4-5-15-6-13(2)18(11-27-15)16-7-14-10-28-22(30-24(32)17-8-19(17)25)9-20(14)31-21(26)12-29-23(16)31;1-2/h6-7,9-12,17,19H,3-5,8H2,1-2H3,(H,28,30,32);2H,1H3. The number of aliphatic hydroxyl groups is 1. The molecule has 5 rings (SSSR count). The number of unbranched alkanes of at least 4 members (excludes halogenated alkanes) is 1. The maximum absolute atomic E-state index is 14.8. The van der Waals surface area contributed by atoms with Crippen molar-refractivity contribution in [3.8, 4) is 11.1 Å². The van der Waals surface area contributed by atoms with Gasteiger partial charge < -0.3 is 10.4 Å². The average molecular weight is 468 g/mol. The monoisotopic (exact) mass is 467 g/mol. The minimum Gasteiger partial charge on any atom is -0.400 e. The first kappa shape index (κ1) is 23.7. The summed E-state index contributed by atoms with van der Waals surface area (Å²) in [6.07, 6.45) is 6.80. The zero-order chi connectivity index (χ0) is 24.4. The summed E-state index contributed by atoms with van der Waals surface area (Å²) in [5.41, 5.74) is 4.68. The number of rotatable bonds is 6. The SMILES string of the molecule is CCCCc1cc(C)c(-c2cc3cnc(NC(=O)C4CC4F)cc3n3c(F)cnc23)cn1.CO. The molecule has 9 heteroatoms. The number of fused-ring (bicyclic) bond motifs is 3. The third-order valence-electron chi connectivity index (χ3n) is 5.96. The second kappa shape index (κ2) is 9.80. The van der Waals surface area contributed by atoms with Gasteiger partial charge in [-0.1, -0.05) is 13.3 Å². The van der Waals surface area contributed by atoms with Crippen molar-refractivity contribution in [2.45, 2.75) is 45.7 Å². The molecule has 1 aliphatic carbocycles. The van der Waals surface area contributed by atoms with E-state index in [4.69, 9.17) is 5.11 Å². The van der Waals surface area contributed by atoms with Crippen molar-refractivity contribution in [1.29, 1.82) is 0 Å². The van der Waals surface area contributed by atoms with Gasteiger partial charge in [0, 0.05) is 47.8 Å². The van der Waals surface area contributed by atoms with Gasteiger partial charge in [0.1, 0.15) is 17.6 Å². The van der Waals surface area contributed by atoms with Crippen molar-refractivity contribution in [3.05, 3.63) is 54.0 Å². The van der Waals surface area contributed by atoms with E-state index < -0.39 is 23.9 Å². The highest BCUT2D eigenvalue weighted by molar-refractivity contribution is 5.97. The number of carbonyl (C=O) groups excluding carboxylic acids is 1. The first-order valence-corrected chi connectivity index (χ1v) is 11.3. The van der Waals surface area contributed by atoms with E-state index in [9.17, 15) is 13.6 Å². The Balaban J connectivity index is 0.00000133. The van der Waals surface area contributed by atoms with Crippen LogP contribution in [-0.4, -0.2) is 43.6 Å². The Kier molecular flexibility index (Phi) is 6.83. The number of imidazole rings is 1. The Hall–Kier alpha value is -3.46. The van der Waals surface area contributed by atoms with Crippen LogP contribution in [0.4, 0.5) is 14.6 Å².